The van der Waals surface area contributed by atoms with Crippen molar-refractivity contribution >= 4 is 40.8 Å². The minimum absolute atomic E-state index is 0.174. The van der Waals surface area contributed by atoms with Gasteiger partial charge in [0.05, 0.1) is 35.9 Å². The van der Waals surface area contributed by atoms with Crippen molar-refractivity contribution in [2.24, 2.45) is 15.9 Å². The number of rotatable bonds is 11. The van der Waals surface area contributed by atoms with E-state index in [4.69, 9.17) is 9.52 Å². The third kappa shape index (κ3) is 7.21. The van der Waals surface area contributed by atoms with Crippen molar-refractivity contribution in [2.45, 2.75) is 64.2 Å². The Balaban J connectivity index is 1.02. The standard InChI is InChI=1S/C36H43N7O3S/c1-23(2)30(21-44)34-18-31(41-46-34)25-11-15-43(16-12-25)27(19-37-4)20-38-22-42-13-9-26(10-14-42)35-24(3)29-17-32(39-40-36(29)47-35)28-7-5-6-8-33(28)45/h5-8,17-21,23,25-26,30,45H,4,9-16,22H2,1-3H3/b27-19+,38-20-. The van der Waals surface area contributed by atoms with Crippen LogP contribution < -0.4 is 0 Å². The number of nitrogens with zero attached hydrogens (tertiary/aromatic N) is 7. The van der Waals surface area contributed by atoms with E-state index in [-0.39, 0.29) is 17.6 Å². The van der Waals surface area contributed by atoms with Crippen LogP contribution in [0.25, 0.3) is 21.5 Å². The number of para-hydroxylation sites is 1. The minimum atomic E-state index is -0.257. The van der Waals surface area contributed by atoms with Gasteiger partial charge in [0.25, 0.3) is 0 Å². The lowest BCUT2D eigenvalue weighted by Crippen LogP contribution is -2.34. The van der Waals surface area contributed by atoms with E-state index >= 15 is 0 Å². The Morgan fingerprint density at radius 1 is 1.11 bits per heavy atom. The molecule has 1 aromatic carbocycles. The third-order valence-corrected chi connectivity index (χ3v) is 11.0. The van der Waals surface area contributed by atoms with Gasteiger partial charge in [0.15, 0.2) is 0 Å². The highest BCUT2D eigenvalue weighted by molar-refractivity contribution is 7.18. The maximum Gasteiger partial charge on any atom is 0.147 e. The fourth-order valence-corrected chi connectivity index (χ4v) is 8.04. The maximum absolute atomic E-state index is 11.5. The molecule has 6 rings (SSSR count). The van der Waals surface area contributed by atoms with E-state index in [1.165, 1.54) is 10.4 Å². The molecule has 3 aromatic heterocycles. The average molecular weight is 654 g/mol. The summed E-state index contributed by atoms with van der Waals surface area (Å²) in [5, 5.41) is 24.7. The molecule has 11 heteroatoms. The van der Waals surface area contributed by atoms with Crippen LogP contribution in [-0.2, 0) is 4.79 Å². The highest BCUT2D eigenvalue weighted by atomic mass is 32.1. The predicted molar refractivity (Wildman–Crippen MR) is 187 cm³/mol. The van der Waals surface area contributed by atoms with Crippen molar-refractivity contribution in [2.75, 3.05) is 32.8 Å². The molecule has 0 radical (unpaired) electrons. The molecule has 1 N–H and O–H groups in total. The molecule has 2 aliphatic rings. The van der Waals surface area contributed by atoms with Crippen LogP contribution in [0.3, 0.4) is 0 Å². The number of aldehydes is 1. The number of piperidine rings is 2. The highest BCUT2D eigenvalue weighted by Gasteiger charge is 2.28. The number of allylic oxidation sites excluding steroid dienone is 1. The quantitative estimate of drug-likeness (QED) is 0.137. The number of phenolic OH excluding ortho intramolecular Hbond substituents is 1. The summed E-state index contributed by atoms with van der Waals surface area (Å²) in [7, 11) is 0. The molecule has 10 nitrogen and oxygen atoms in total. The smallest absolute Gasteiger partial charge is 0.147 e. The van der Waals surface area contributed by atoms with Crippen LogP contribution in [0.4, 0.5) is 0 Å². The van der Waals surface area contributed by atoms with Gasteiger partial charge < -0.3 is 19.3 Å². The van der Waals surface area contributed by atoms with E-state index in [1.807, 2.05) is 44.3 Å². The fraction of sp³-hybridized carbons (Fsp3) is 0.444. The van der Waals surface area contributed by atoms with E-state index in [1.54, 1.807) is 23.6 Å². The summed E-state index contributed by atoms with van der Waals surface area (Å²) >= 11 is 1.75. The molecular formula is C36H43N7O3S. The fourth-order valence-electron chi connectivity index (χ4n) is 6.77. The molecule has 1 atom stereocenters. The molecule has 2 aliphatic heterocycles. The van der Waals surface area contributed by atoms with Crippen LogP contribution in [-0.4, -0.2) is 82.3 Å². The van der Waals surface area contributed by atoms with Crippen molar-refractivity contribution < 1.29 is 14.4 Å². The molecule has 1 unspecified atom stereocenters. The minimum Gasteiger partial charge on any atom is -0.507 e. The second kappa shape index (κ2) is 14.7. The number of likely N-dealkylation sites (tertiary alicyclic amines) is 2. The van der Waals surface area contributed by atoms with Crippen molar-refractivity contribution in [3.63, 3.8) is 0 Å². The Kier molecular flexibility index (Phi) is 10.2. The van der Waals surface area contributed by atoms with E-state index in [0.717, 1.165) is 79.8 Å². The number of thiophene rings is 1. The Hall–Kier alpha value is -4.22. The molecule has 4 aromatic rings. The third-order valence-electron chi connectivity index (χ3n) is 9.63. The number of carbonyl (C=O) groups is 1. The second-order valence-electron chi connectivity index (χ2n) is 13.0. The number of aryl methyl sites for hydroxylation is 1. The Morgan fingerprint density at radius 2 is 1.85 bits per heavy atom. The Bertz CT molecular complexity index is 1760. The second-order valence-corrected chi connectivity index (χ2v) is 14.0. The summed E-state index contributed by atoms with van der Waals surface area (Å²) in [5.74, 6) is 1.58. The average Bonchev–Trinajstić information content (AvgIpc) is 3.70. The highest BCUT2D eigenvalue weighted by Crippen LogP contribution is 2.40. The lowest BCUT2D eigenvalue weighted by molar-refractivity contribution is -0.110. The van der Waals surface area contributed by atoms with Gasteiger partial charge in [-0.05, 0) is 74.9 Å². The molecule has 47 heavy (non-hydrogen) atoms. The van der Waals surface area contributed by atoms with Crippen molar-refractivity contribution in [1.29, 1.82) is 0 Å². The van der Waals surface area contributed by atoms with Gasteiger partial charge in [0, 0.05) is 60.2 Å². The van der Waals surface area contributed by atoms with Crippen LogP contribution >= 0.6 is 11.3 Å². The number of aromatic nitrogens is 3. The number of aliphatic imine (C=N–C) groups is 2. The molecule has 246 valence electrons. The van der Waals surface area contributed by atoms with Crippen molar-refractivity contribution in [1.82, 2.24) is 25.2 Å². The first-order valence-corrected chi connectivity index (χ1v) is 17.3. The molecule has 0 amide bonds. The summed E-state index contributed by atoms with van der Waals surface area (Å²) < 4.78 is 5.56. The zero-order valence-corrected chi connectivity index (χ0v) is 28.2. The van der Waals surface area contributed by atoms with Crippen LogP contribution in [0.15, 0.2) is 62.8 Å². The van der Waals surface area contributed by atoms with Crippen LogP contribution in [0.5, 0.6) is 5.75 Å². The van der Waals surface area contributed by atoms with Crippen molar-refractivity contribution in [3.8, 4) is 17.0 Å². The SMILES string of the molecule is C=N/C=C(\C=N/CN1CCC(c2sc3nnc(-c4ccccc4O)cc3c2C)CC1)N1CCC(c2cc(C(C=O)C(C)C)on2)CC1. The normalized spacial score (nSPS) is 18.0. The summed E-state index contributed by atoms with van der Waals surface area (Å²) in [6.07, 6.45) is 8.70. The van der Waals surface area contributed by atoms with Crippen LogP contribution in [0.2, 0.25) is 0 Å². The first kappa shape index (κ1) is 32.7. The van der Waals surface area contributed by atoms with Gasteiger partial charge in [-0.1, -0.05) is 31.1 Å². The number of benzene rings is 1. The van der Waals surface area contributed by atoms with Gasteiger partial charge in [-0.25, -0.2) is 0 Å². The monoisotopic (exact) mass is 653 g/mol. The number of hydrogen-bond acceptors (Lipinski definition) is 11. The first-order chi connectivity index (χ1) is 22.9. The van der Waals surface area contributed by atoms with Crippen LogP contribution in [0, 0.1) is 12.8 Å². The van der Waals surface area contributed by atoms with Gasteiger partial charge >= 0.3 is 0 Å². The zero-order chi connectivity index (χ0) is 32.9. The molecule has 0 spiro atoms. The number of phenols is 1. The summed E-state index contributed by atoms with van der Waals surface area (Å²) in [5.41, 5.74) is 4.58. The van der Waals surface area contributed by atoms with Gasteiger partial charge in [-0.3, -0.25) is 14.9 Å². The predicted octanol–water partition coefficient (Wildman–Crippen LogP) is 6.93. The van der Waals surface area contributed by atoms with Crippen LogP contribution in [0.1, 0.15) is 79.2 Å². The topological polar surface area (TPSA) is 120 Å². The summed E-state index contributed by atoms with van der Waals surface area (Å²) in [6.45, 7) is 14.2. The largest absolute Gasteiger partial charge is 0.507 e. The van der Waals surface area contributed by atoms with Gasteiger partial charge in [-0.15, -0.1) is 21.5 Å². The molecule has 0 aliphatic carbocycles. The van der Waals surface area contributed by atoms with Crippen molar-refractivity contribution in [3.05, 3.63) is 70.2 Å². The van der Waals surface area contributed by atoms with Gasteiger partial charge in [0.1, 0.15) is 22.6 Å². The first-order valence-electron chi connectivity index (χ1n) is 16.5. The lowest BCUT2D eigenvalue weighted by Gasteiger charge is -2.33. The van der Waals surface area contributed by atoms with E-state index in [9.17, 15) is 9.90 Å². The molecule has 0 saturated carbocycles. The van der Waals surface area contributed by atoms with E-state index in [2.05, 4.69) is 49.9 Å². The molecule has 5 heterocycles. The van der Waals surface area contributed by atoms with E-state index < -0.39 is 0 Å². The van der Waals surface area contributed by atoms with Gasteiger partial charge in [0.2, 0.25) is 0 Å². The van der Waals surface area contributed by atoms with Gasteiger partial charge in [-0.2, -0.15) is 0 Å². The summed E-state index contributed by atoms with van der Waals surface area (Å²) in [6, 6.07) is 11.3. The number of aromatic hydroxyl groups is 1. The number of carbonyl (C=O) groups excluding carboxylic acids is 1. The number of fused-ring (bicyclic) bond motifs is 1. The molecule has 2 fully saturated rings. The van der Waals surface area contributed by atoms with E-state index in [0.29, 0.717) is 35.5 Å². The maximum atomic E-state index is 11.5. The molecule has 2 saturated heterocycles. The Labute approximate surface area is 279 Å². The Morgan fingerprint density at radius 3 is 2.55 bits per heavy atom. The zero-order valence-electron chi connectivity index (χ0n) is 27.4. The lowest BCUT2D eigenvalue weighted by atomic mass is 9.90. The molecule has 0 bridgehead atoms. The number of hydrogen-bond donors (Lipinski definition) is 1. The summed E-state index contributed by atoms with van der Waals surface area (Å²) in [4.78, 5) is 27.5. The molecular weight excluding hydrogens is 611 g/mol.